The first-order valence-electron chi connectivity index (χ1n) is 1.29. The van der Waals surface area contributed by atoms with Gasteiger partial charge in [0.25, 0.3) is 0 Å². The lowest BCUT2D eigenvalue weighted by Crippen LogP contribution is -2.28. The van der Waals surface area contributed by atoms with Crippen LogP contribution in [0.2, 0.25) is 0 Å². The quantitative estimate of drug-likeness (QED) is 0.398. The number of carbonyl (C=O) groups is 1. The number of rotatable bonds is 2. The molecule has 0 bridgehead atoms. The Morgan fingerprint density at radius 3 is 2.29 bits per heavy atom. The maximum atomic E-state index is 9.28. The minimum absolute atomic E-state index is 0. The van der Waals surface area contributed by atoms with Crippen molar-refractivity contribution in [2.45, 2.75) is 0 Å². The average molecular weight is 108 g/mol. The van der Waals surface area contributed by atoms with Gasteiger partial charge in [-0.05, 0) is 0 Å². The highest BCUT2D eigenvalue weighted by Crippen LogP contribution is 1.52. The number of hydrogen-bond donors (Lipinski definition) is 2. The number of hydrogen-bond acceptors (Lipinski definition) is 4. The van der Waals surface area contributed by atoms with Crippen LogP contribution in [0.5, 0.6) is 0 Å². The molecular formula is C2H8N2O3. The van der Waals surface area contributed by atoms with Crippen molar-refractivity contribution in [3.63, 3.8) is 0 Å². The molecule has 0 atom stereocenters. The molecule has 0 saturated heterocycles. The molecule has 0 aromatic heterocycles. The van der Waals surface area contributed by atoms with E-state index in [2.05, 4.69) is 10.7 Å². The van der Waals surface area contributed by atoms with Crippen molar-refractivity contribution in [2.24, 2.45) is 5.90 Å². The molecule has 0 aromatic carbocycles. The van der Waals surface area contributed by atoms with Gasteiger partial charge in [-0.2, -0.15) is 0 Å². The SMILES string of the molecule is NOCC(=O)[O-].[NH4+]. The summed E-state index contributed by atoms with van der Waals surface area (Å²) in [5.41, 5.74) is 0. The van der Waals surface area contributed by atoms with Crippen LogP contribution in [0, 0.1) is 0 Å². The summed E-state index contributed by atoms with van der Waals surface area (Å²) in [5, 5.41) is 9.28. The lowest BCUT2D eigenvalue weighted by atomic mass is 10.8. The maximum Gasteiger partial charge on any atom is 0.107 e. The summed E-state index contributed by atoms with van der Waals surface area (Å²) in [7, 11) is 0. The lowest BCUT2D eigenvalue weighted by Gasteiger charge is -1.93. The van der Waals surface area contributed by atoms with Crippen molar-refractivity contribution in [3.05, 3.63) is 0 Å². The predicted octanol–water partition coefficient (Wildman–Crippen LogP) is -2.00. The van der Waals surface area contributed by atoms with Gasteiger partial charge in [0, 0.05) is 0 Å². The van der Waals surface area contributed by atoms with Gasteiger partial charge >= 0.3 is 0 Å². The molecule has 0 saturated carbocycles. The molecule has 0 fully saturated rings. The van der Waals surface area contributed by atoms with Crippen molar-refractivity contribution >= 4 is 5.97 Å². The van der Waals surface area contributed by atoms with Crippen LogP contribution < -0.4 is 17.2 Å². The van der Waals surface area contributed by atoms with Gasteiger partial charge in [0.15, 0.2) is 0 Å². The molecule has 44 valence electrons. The third kappa shape index (κ3) is 10.9. The molecule has 0 aromatic rings. The number of quaternary nitrogens is 1. The van der Waals surface area contributed by atoms with E-state index in [1.54, 1.807) is 0 Å². The van der Waals surface area contributed by atoms with Crippen LogP contribution in [0.3, 0.4) is 0 Å². The molecule has 6 N–H and O–H groups in total. The fourth-order valence-electron chi connectivity index (χ4n) is 0.0680. The second-order valence-corrected chi connectivity index (χ2v) is 0.683. The highest BCUT2D eigenvalue weighted by molar-refractivity contribution is 5.65. The Labute approximate surface area is 40.6 Å². The van der Waals surface area contributed by atoms with Crippen LogP contribution in [0.4, 0.5) is 0 Å². The Morgan fingerprint density at radius 2 is 2.29 bits per heavy atom. The molecule has 0 rings (SSSR count). The zero-order valence-corrected chi connectivity index (χ0v) is 4.01. The zero-order valence-electron chi connectivity index (χ0n) is 4.01. The topological polar surface area (TPSA) is 112 Å². The summed E-state index contributed by atoms with van der Waals surface area (Å²) in [6, 6.07) is 0. The molecule has 0 radical (unpaired) electrons. The van der Waals surface area contributed by atoms with E-state index in [-0.39, 0.29) is 6.15 Å². The predicted molar refractivity (Wildman–Crippen MR) is 21.1 cm³/mol. The Morgan fingerprint density at radius 1 is 1.86 bits per heavy atom. The van der Waals surface area contributed by atoms with Crippen molar-refractivity contribution in [1.82, 2.24) is 6.15 Å². The highest BCUT2D eigenvalue weighted by atomic mass is 16.6. The number of carboxylic acids is 1. The van der Waals surface area contributed by atoms with Crippen LogP contribution in [0.1, 0.15) is 0 Å². The Balaban J connectivity index is 0. The van der Waals surface area contributed by atoms with Crippen LogP contribution in [-0.4, -0.2) is 12.6 Å². The summed E-state index contributed by atoms with van der Waals surface area (Å²) in [6.45, 7) is -0.542. The third-order valence-electron chi connectivity index (χ3n) is 0.201. The van der Waals surface area contributed by atoms with Gasteiger partial charge in [0.2, 0.25) is 0 Å². The molecule has 0 aliphatic rings. The molecule has 0 aliphatic heterocycles. The molecule has 5 nitrogen and oxygen atoms in total. The summed E-state index contributed by atoms with van der Waals surface area (Å²) in [4.78, 5) is 12.9. The summed E-state index contributed by atoms with van der Waals surface area (Å²) in [5.74, 6) is 3.00. The van der Waals surface area contributed by atoms with Gasteiger partial charge in [-0.1, -0.05) is 0 Å². The minimum Gasteiger partial charge on any atom is -0.548 e. The number of carbonyl (C=O) groups excluding carboxylic acids is 1. The molecule has 7 heavy (non-hydrogen) atoms. The highest BCUT2D eigenvalue weighted by Gasteiger charge is 1.74. The van der Waals surface area contributed by atoms with Crippen molar-refractivity contribution < 1.29 is 14.7 Å². The maximum absolute atomic E-state index is 9.28. The fourth-order valence-corrected chi connectivity index (χ4v) is 0.0680. The monoisotopic (exact) mass is 108 g/mol. The summed E-state index contributed by atoms with van der Waals surface area (Å²) < 4.78 is 0. The average Bonchev–Trinajstić information content (AvgIpc) is 1.35. The molecule has 0 aliphatic carbocycles. The van der Waals surface area contributed by atoms with Gasteiger partial charge in [0.1, 0.15) is 6.61 Å². The van der Waals surface area contributed by atoms with E-state index in [0.717, 1.165) is 0 Å². The molecule has 0 unspecified atom stereocenters. The summed E-state index contributed by atoms with van der Waals surface area (Å²) >= 11 is 0. The smallest absolute Gasteiger partial charge is 0.107 e. The van der Waals surface area contributed by atoms with Crippen LogP contribution >= 0.6 is 0 Å². The fraction of sp³-hybridized carbons (Fsp3) is 0.500. The van der Waals surface area contributed by atoms with Crippen molar-refractivity contribution in [3.8, 4) is 0 Å². The van der Waals surface area contributed by atoms with Gasteiger partial charge < -0.3 is 16.1 Å². The lowest BCUT2D eigenvalue weighted by molar-refractivity contribution is -0.309. The van der Waals surface area contributed by atoms with Gasteiger partial charge in [-0.3, -0.25) is 4.84 Å². The standard InChI is InChI=1S/C2H5NO3.H3N/c3-6-1-2(4)5;/h1,3H2,(H,4,5);1H3. The Bertz CT molecular complexity index is 54.9. The third-order valence-corrected chi connectivity index (χ3v) is 0.201. The van der Waals surface area contributed by atoms with Gasteiger partial charge in [-0.25, -0.2) is 5.90 Å². The molecule has 5 heteroatoms. The zero-order chi connectivity index (χ0) is 4.99. The normalized spacial score (nSPS) is 7.00. The van der Waals surface area contributed by atoms with E-state index >= 15 is 0 Å². The van der Waals surface area contributed by atoms with E-state index in [4.69, 9.17) is 0 Å². The molecular weight excluding hydrogens is 100 g/mol. The van der Waals surface area contributed by atoms with E-state index in [1.807, 2.05) is 0 Å². The molecule has 0 amide bonds. The van der Waals surface area contributed by atoms with E-state index in [1.165, 1.54) is 0 Å². The molecule has 0 heterocycles. The second kappa shape index (κ2) is 5.35. The van der Waals surface area contributed by atoms with E-state index in [9.17, 15) is 9.90 Å². The Kier molecular flexibility index (Phi) is 7.34. The van der Waals surface area contributed by atoms with Gasteiger partial charge in [-0.15, -0.1) is 0 Å². The first-order chi connectivity index (χ1) is 2.77. The summed E-state index contributed by atoms with van der Waals surface area (Å²) in [6.07, 6.45) is 0. The van der Waals surface area contributed by atoms with Crippen LogP contribution in [0.15, 0.2) is 0 Å². The van der Waals surface area contributed by atoms with Crippen LogP contribution in [-0.2, 0) is 9.63 Å². The van der Waals surface area contributed by atoms with Gasteiger partial charge in [0.05, 0.1) is 5.97 Å². The number of aliphatic carboxylic acids is 1. The largest absolute Gasteiger partial charge is 0.548 e. The Hall–Kier alpha value is -0.650. The van der Waals surface area contributed by atoms with Crippen molar-refractivity contribution in [2.75, 3.05) is 6.61 Å². The van der Waals surface area contributed by atoms with Crippen molar-refractivity contribution in [1.29, 1.82) is 0 Å². The minimum atomic E-state index is -1.31. The first-order valence-corrected chi connectivity index (χ1v) is 1.29. The number of carboxylic acid groups (broad SMARTS) is 1. The van der Waals surface area contributed by atoms with Crippen LogP contribution in [0.25, 0.3) is 0 Å². The first kappa shape index (κ1) is 9.61. The van der Waals surface area contributed by atoms with E-state index < -0.39 is 12.6 Å². The molecule has 0 spiro atoms. The van der Waals surface area contributed by atoms with E-state index in [0.29, 0.717) is 0 Å². The second-order valence-electron chi connectivity index (χ2n) is 0.683. The number of nitrogens with two attached hydrogens (primary N) is 1.